The quantitative estimate of drug-likeness (QED) is 0.623. The van der Waals surface area contributed by atoms with E-state index in [0.717, 1.165) is 5.69 Å². The van der Waals surface area contributed by atoms with Crippen LogP contribution < -0.4 is 10.5 Å². The van der Waals surface area contributed by atoms with Crippen molar-refractivity contribution in [2.45, 2.75) is 6.54 Å². The lowest BCUT2D eigenvalue weighted by Crippen LogP contribution is -2.07. The summed E-state index contributed by atoms with van der Waals surface area (Å²) in [6.45, 7) is 0.516. The topological polar surface area (TPSA) is 81.3 Å². The Morgan fingerprint density at radius 2 is 2.42 bits per heavy atom. The van der Waals surface area contributed by atoms with Gasteiger partial charge in [0.25, 0.3) is 0 Å². The second kappa shape index (κ2) is 4.63. The van der Waals surface area contributed by atoms with Gasteiger partial charge in [0, 0.05) is 12.7 Å². The molecule has 1 aromatic heterocycles. The summed E-state index contributed by atoms with van der Waals surface area (Å²) in [5.41, 5.74) is 6.07. The van der Waals surface area contributed by atoms with Gasteiger partial charge in [-0.05, 0) is 6.07 Å². The standard InChI is InChI=1S/C7H11N3O2/c8-5-6-1-2-9-7(10-6)12-4-3-11/h1-2,11H,3-5,8H2. The number of nitrogens with zero attached hydrogens (tertiary/aromatic N) is 2. The average molecular weight is 169 g/mol. The molecule has 0 unspecified atom stereocenters. The normalized spacial score (nSPS) is 9.83. The second-order valence-corrected chi connectivity index (χ2v) is 2.11. The molecule has 0 amide bonds. The van der Waals surface area contributed by atoms with Gasteiger partial charge in [0.05, 0.1) is 12.3 Å². The number of hydrogen-bond donors (Lipinski definition) is 2. The molecule has 1 heterocycles. The predicted octanol–water partition coefficient (Wildman–Crippen LogP) is -0.694. The molecule has 0 saturated carbocycles. The molecule has 0 radical (unpaired) electrons. The monoisotopic (exact) mass is 169 g/mol. The molecule has 0 spiro atoms. The maximum absolute atomic E-state index is 8.45. The molecule has 0 bridgehead atoms. The first-order valence-corrected chi connectivity index (χ1v) is 3.62. The summed E-state index contributed by atoms with van der Waals surface area (Å²) in [6, 6.07) is 1.97. The van der Waals surface area contributed by atoms with Crippen molar-refractivity contribution in [2.24, 2.45) is 5.73 Å². The zero-order chi connectivity index (χ0) is 8.81. The molecule has 66 valence electrons. The Hall–Kier alpha value is -1.20. The first kappa shape index (κ1) is 8.89. The van der Waals surface area contributed by atoms with Crippen LogP contribution in [0, 0.1) is 0 Å². The van der Waals surface area contributed by atoms with Crippen LogP contribution in [0.4, 0.5) is 0 Å². The number of aliphatic hydroxyl groups is 1. The Kier molecular flexibility index (Phi) is 3.43. The van der Waals surface area contributed by atoms with Crippen LogP contribution in [-0.4, -0.2) is 28.3 Å². The number of ether oxygens (including phenoxy) is 1. The number of rotatable bonds is 4. The Labute approximate surface area is 70.2 Å². The van der Waals surface area contributed by atoms with Gasteiger partial charge in [0.2, 0.25) is 0 Å². The third kappa shape index (κ3) is 2.44. The predicted molar refractivity (Wildman–Crippen MR) is 42.5 cm³/mol. The van der Waals surface area contributed by atoms with Crippen molar-refractivity contribution in [3.63, 3.8) is 0 Å². The molecule has 1 aromatic rings. The number of aromatic nitrogens is 2. The average Bonchev–Trinajstić information content (AvgIpc) is 2.15. The van der Waals surface area contributed by atoms with Crippen LogP contribution in [0.1, 0.15) is 5.69 Å². The van der Waals surface area contributed by atoms with Crippen LogP contribution in [-0.2, 0) is 6.54 Å². The lowest BCUT2D eigenvalue weighted by atomic mass is 10.4. The van der Waals surface area contributed by atoms with E-state index in [1.165, 1.54) is 0 Å². The van der Waals surface area contributed by atoms with Gasteiger partial charge in [-0.15, -0.1) is 0 Å². The molecule has 5 heteroatoms. The fraction of sp³-hybridized carbons (Fsp3) is 0.429. The summed E-state index contributed by atoms with van der Waals surface area (Å²) in [5, 5.41) is 8.45. The van der Waals surface area contributed by atoms with Crippen molar-refractivity contribution in [3.05, 3.63) is 18.0 Å². The highest BCUT2D eigenvalue weighted by atomic mass is 16.5. The first-order chi connectivity index (χ1) is 5.86. The van der Waals surface area contributed by atoms with E-state index >= 15 is 0 Å². The summed E-state index contributed by atoms with van der Waals surface area (Å²) in [5.74, 6) is 0. The van der Waals surface area contributed by atoms with Gasteiger partial charge in [0.1, 0.15) is 6.61 Å². The van der Waals surface area contributed by atoms with Crippen LogP contribution >= 0.6 is 0 Å². The second-order valence-electron chi connectivity index (χ2n) is 2.11. The molecule has 3 N–H and O–H groups in total. The fourth-order valence-electron chi connectivity index (χ4n) is 0.696. The van der Waals surface area contributed by atoms with Crippen molar-refractivity contribution < 1.29 is 9.84 Å². The van der Waals surface area contributed by atoms with Gasteiger partial charge in [-0.2, -0.15) is 4.98 Å². The number of hydrogen-bond acceptors (Lipinski definition) is 5. The molecular formula is C7H11N3O2. The molecule has 5 nitrogen and oxygen atoms in total. The number of aliphatic hydroxyl groups excluding tert-OH is 1. The highest BCUT2D eigenvalue weighted by Crippen LogP contribution is 2.01. The van der Waals surface area contributed by atoms with Crippen LogP contribution in [0.25, 0.3) is 0 Å². The lowest BCUT2D eigenvalue weighted by molar-refractivity contribution is 0.191. The van der Waals surface area contributed by atoms with Gasteiger partial charge in [-0.1, -0.05) is 0 Å². The zero-order valence-electron chi connectivity index (χ0n) is 6.60. The molecule has 0 aliphatic rings. The highest BCUT2D eigenvalue weighted by molar-refractivity contribution is 5.04. The molecule has 0 atom stereocenters. The molecule has 0 aromatic carbocycles. The Bertz CT molecular complexity index is 242. The van der Waals surface area contributed by atoms with Crippen LogP contribution in [0.5, 0.6) is 6.01 Å². The Morgan fingerprint density at radius 3 is 3.08 bits per heavy atom. The Morgan fingerprint density at radius 1 is 1.58 bits per heavy atom. The minimum absolute atomic E-state index is 0.0454. The molecule has 1 rings (SSSR count). The van der Waals surface area contributed by atoms with Gasteiger partial charge in [-0.25, -0.2) is 4.98 Å². The summed E-state index contributed by atoms with van der Waals surface area (Å²) in [7, 11) is 0. The minimum atomic E-state index is -0.0454. The largest absolute Gasteiger partial charge is 0.461 e. The molecule has 0 aliphatic carbocycles. The minimum Gasteiger partial charge on any atom is -0.461 e. The van der Waals surface area contributed by atoms with Gasteiger partial charge < -0.3 is 15.6 Å². The molecule has 0 saturated heterocycles. The van der Waals surface area contributed by atoms with E-state index in [4.69, 9.17) is 15.6 Å². The highest BCUT2D eigenvalue weighted by Gasteiger charge is 1.97. The van der Waals surface area contributed by atoms with Crippen molar-refractivity contribution in [1.82, 2.24) is 9.97 Å². The van der Waals surface area contributed by atoms with Gasteiger partial charge in [0.15, 0.2) is 0 Å². The lowest BCUT2D eigenvalue weighted by Gasteiger charge is -2.01. The van der Waals surface area contributed by atoms with E-state index in [9.17, 15) is 0 Å². The van der Waals surface area contributed by atoms with E-state index in [1.807, 2.05) is 0 Å². The molecular weight excluding hydrogens is 158 g/mol. The van der Waals surface area contributed by atoms with Gasteiger partial charge in [-0.3, -0.25) is 0 Å². The first-order valence-electron chi connectivity index (χ1n) is 3.62. The van der Waals surface area contributed by atoms with E-state index in [2.05, 4.69) is 9.97 Å². The van der Waals surface area contributed by atoms with E-state index < -0.39 is 0 Å². The van der Waals surface area contributed by atoms with Crippen molar-refractivity contribution in [2.75, 3.05) is 13.2 Å². The SMILES string of the molecule is NCc1ccnc(OCCO)n1. The zero-order valence-corrected chi connectivity index (χ0v) is 6.60. The molecule has 0 fully saturated rings. The maximum atomic E-state index is 8.45. The smallest absolute Gasteiger partial charge is 0.316 e. The van der Waals surface area contributed by atoms with Crippen molar-refractivity contribution in [3.8, 4) is 6.01 Å². The maximum Gasteiger partial charge on any atom is 0.316 e. The van der Waals surface area contributed by atoms with Crippen LogP contribution in [0.15, 0.2) is 12.3 Å². The fourth-order valence-corrected chi connectivity index (χ4v) is 0.696. The van der Waals surface area contributed by atoms with Gasteiger partial charge >= 0.3 is 6.01 Å². The van der Waals surface area contributed by atoms with Crippen LogP contribution in [0.3, 0.4) is 0 Å². The van der Waals surface area contributed by atoms with Crippen molar-refractivity contribution in [1.29, 1.82) is 0 Å². The van der Waals surface area contributed by atoms with Crippen LogP contribution in [0.2, 0.25) is 0 Å². The van der Waals surface area contributed by atoms with E-state index in [1.54, 1.807) is 12.3 Å². The summed E-state index contributed by atoms with van der Waals surface area (Å²) >= 11 is 0. The molecule has 0 aliphatic heterocycles. The van der Waals surface area contributed by atoms with Crippen molar-refractivity contribution >= 4 is 0 Å². The number of nitrogens with two attached hydrogens (primary N) is 1. The third-order valence-corrected chi connectivity index (χ3v) is 1.22. The third-order valence-electron chi connectivity index (χ3n) is 1.22. The van der Waals surface area contributed by atoms with E-state index in [0.29, 0.717) is 6.54 Å². The van der Waals surface area contributed by atoms with E-state index in [-0.39, 0.29) is 19.2 Å². The summed E-state index contributed by atoms with van der Waals surface area (Å²) < 4.78 is 4.97. The summed E-state index contributed by atoms with van der Waals surface area (Å²) in [6.07, 6.45) is 1.57. The Balaban J connectivity index is 2.60. The molecule has 12 heavy (non-hydrogen) atoms. The summed E-state index contributed by atoms with van der Waals surface area (Å²) in [4.78, 5) is 7.78.